The first kappa shape index (κ1) is 63.6. The van der Waals surface area contributed by atoms with Crippen molar-refractivity contribution in [3.05, 3.63) is 0 Å². The summed E-state index contributed by atoms with van der Waals surface area (Å²) < 4.78 is 0. The molecule has 0 saturated heterocycles. The van der Waals surface area contributed by atoms with Crippen LogP contribution in [0.5, 0.6) is 0 Å². The van der Waals surface area contributed by atoms with Crippen molar-refractivity contribution in [2.75, 3.05) is 0 Å². The molecule has 7 aliphatic carbocycles. The number of hydrogen-bond donors (Lipinski definition) is 0. The molecule has 0 aliphatic heterocycles. The van der Waals surface area contributed by atoms with Crippen LogP contribution in [-0.2, 0) is 0 Å². The first-order valence-corrected chi connectivity index (χ1v) is 33.3. The Morgan fingerprint density at radius 3 is 0.934 bits per heavy atom. The molecule has 6 unspecified atom stereocenters. The summed E-state index contributed by atoms with van der Waals surface area (Å²) in [6, 6.07) is 0. The molecule has 0 bridgehead atoms. The highest BCUT2D eigenvalue weighted by Gasteiger charge is 2.67. The average molecular weight is 1050 g/mol. The van der Waals surface area contributed by atoms with Crippen LogP contribution in [0.25, 0.3) is 0 Å². The molecule has 0 aromatic carbocycles. The number of fused-ring (bicyclic) bond motifs is 1. The van der Waals surface area contributed by atoms with Crippen LogP contribution in [0, 0.1) is 132 Å². The fourth-order valence-corrected chi connectivity index (χ4v) is 25.4. The molecule has 444 valence electrons. The second-order valence-electron chi connectivity index (χ2n) is 42.4. The van der Waals surface area contributed by atoms with Gasteiger partial charge in [0.25, 0.3) is 0 Å². The third-order valence-electron chi connectivity index (χ3n) is 32.2. The van der Waals surface area contributed by atoms with E-state index in [1.807, 2.05) is 0 Å². The largest absolute Gasteiger partial charge is 0.0599 e. The summed E-state index contributed by atoms with van der Waals surface area (Å²) in [7, 11) is 0. The van der Waals surface area contributed by atoms with Crippen molar-refractivity contribution < 1.29 is 0 Å². The molecule has 0 spiro atoms. The van der Waals surface area contributed by atoms with E-state index in [0.717, 1.165) is 23.7 Å². The molecule has 7 fully saturated rings. The molecule has 0 N–H and O–H groups in total. The van der Waals surface area contributed by atoms with Crippen molar-refractivity contribution in [3.8, 4) is 0 Å². The standard InChI is InChI=1S/C76H140/c1-57(2)44-62(11,12)68(23,24)75(31,45-57)52-72(28)42-55(67(21,22)61(9,10)49-72)40-70(26)38-53(65(17,18)59(5,6)47-70)36-69(25)37-54(64(15,16)58(3,4)46-69)39-71(27)41-56(66(19,20)60(7,8)48-71)43-73(29)50-63(13,14)76(32)35-33-34-74(76,30)51-73/h53-56H,33-52H2,1-32H3/t53?,54?,55?,56?,69-,70+,71-,72-,73+,74?,75?,76+/m0/s1. The molecular weight excluding hydrogens is 913 g/mol. The van der Waals surface area contributed by atoms with Crippen molar-refractivity contribution in [2.24, 2.45) is 132 Å². The molecule has 0 radical (unpaired) electrons. The van der Waals surface area contributed by atoms with Gasteiger partial charge in [-0.05, 0) is 254 Å². The number of rotatable bonds is 10. The van der Waals surface area contributed by atoms with Gasteiger partial charge in [-0.25, -0.2) is 0 Å². The van der Waals surface area contributed by atoms with E-state index in [1.54, 1.807) is 0 Å². The van der Waals surface area contributed by atoms with Crippen LogP contribution in [0.4, 0.5) is 0 Å². The summed E-state index contributed by atoms with van der Waals surface area (Å²) in [5.74, 6) is 2.93. The zero-order chi connectivity index (χ0) is 58.5. The third-order valence-corrected chi connectivity index (χ3v) is 32.2. The Bertz CT molecular complexity index is 2160. The van der Waals surface area contributed by atoms with Crippen LogP contribution in [-0.4, -0.2) is 0 Å². The van der Waals surface area contributed by atoms with Gasteiger partial charge >= 0.3 is 0 Å². The zero-order valence-electron chi connectivity index (χ0n) is 58.5. The first-order chi connectivity index (χ1) is 33.3. The van der Waals surface area contributed by atoms with Gasteiger partial charge in [-0.2, -0.15) is 0 Å². The lowest BCUT2D eigenvalue weighted by molar-refractivity contribution is -0.171. The zero-order valence-corrected chi connectivity index (χ0v) is 58.5. The van der Waals surface area contributed by atoms with Crippen molar-refractivity contribution in [2.45, 2.75) is 350 Å². The summed E-state index contributed by atoms with van der Waals surface area (Å²) >= 11 is 0. The maximum atomic E-state index is 2.84. The van der Waals surface area contributed by atoms with Gasteiger partial charge < -0.3 is 0 Å². The van der Waals surface area contributed by atoms with E-state index in [9.17, 15) is 0 Å². The van der Waals surface area contributed by atoms with E-state index in [-0.39, 0.29) is 27.1 Å². The van der Waals surface area contributed by atoms with Gasteiger partial charge in [-0.15, -0.1) is 0 Å². The summed E-state index contributed by atoms with van der Waals surface area (Å²) in [5.41, 5.74) is 6.69. The van der Waals surface area contributed by atoms with Gasteiger partial charge in [-0.1, -0.05) is 228 Å². The highest BCUT2D eigenvalue weighted by atomic mass is 14.7. The van der Waals surface area contributed by atoms with Crippen LogP contribution in [0.2, 0.25) is 0 Å². The fraction of sp³-hybridized carbons (Fsp3) is 1.00. The smallest absolute Gasteiger partial charge is 0.0220 e. The van der Waals surface area contributed by atoms with Crippen molar-refractivity contribution in [1.82, 2.24) is 0 Å². The molecule has 7 aliphatic rings. The minimum absolute atomic E-state index is 0.277. The maximum Gasteiger partial charge on any atom is -0.0220 e. The second kappa shape index (κ2) is 17.8. The third kappa shape index (κ3) is 10.1. The molecule has 76 heavy (non-hydrogen) atoms. The lowest BCUT2D eigenvalue weighted by Gasteiger charge is -2.67. The Hall–Kier alpha value is 0. The minimum atomic E-state index is 0.277. The average Bonchev–Trinajstić information content (AvgIpc) is 3.46. The van der Waals surface area contributed by atoms with Crippen LogP contribution in [0.3, 0.4) is 0 Å². The van der Waals surface area contributed by atoms with Gasteiger partial charge in [-0.3, -0.25) is 0 Å². The predicted octanol–water partition coefficient (Wildman–Crippen LogP) is 24.7. The minimum Gasteiger partial charge on any atom is -0.0599 e. The van der Waals surface area contributed by atoms with E-state index in [2.05, 4.69) is 222 Å². The monoisotopic (exact) mass is 1050 g/mol. The van der Waals surface area contributed by atoms with Gasteiger partial charge in [0.2, 0.25) is 0 Å². The van der Waals surface area contributed by atoms with Gasteiger partial charge in [0.05, 0.1) is 0 Å². The Labute approximate surface area is 479 Å². The van der Waals surface area contributed by atoms with Gasteiger partial charge in [0.1, 0.15) is 0 Å². The molecule has 7 rings (SSSR count). The molecule has 0 heterocycles. The molecule has 12 atom stereocenters. The van der Waals surface area contributed by atoms with E-state index in [0.29, 0.717) is 81.2 Å². The lowest BCUT2D eigenvalue weighted by Crippen LogP contribution is -2.58. The normalized spacial score (nSPS) is 47.8. The molecular formula is C76H140. The maximum absolute atomic E-state index is 2.84. The van der Waals surface area contributed by atoms with Crippen molar-refractivity contribution in [3.63, 3.8) is 0 Å². The van der Waals surface area contributed by atoms with Gasteiger partial charge in [0, 0.05) is 0 Å². The molecule has 0 amide bonds. The van der Waals surface area contributed by atoms with Gasteiger partial charge in [0.15, 0.2) is 0 Å². The lowest BCUT2D eigenvalue weighted by atomic mass is 9.38. The van der Waals surface area contributed by atoms with E-state index < -0.39 is 0 Å². The summed E-state index contributed by atoms with van der Waals surface area (Å²) in [5, 5.41) is 0. The van der Waals surface area contributed by atoms with Crippen molar-refractivity contribution >= 4 is 0 Å². The molecule has 0 heteroatoms. The first-order valence-electron chi connectivity index (χ1n) is 33.3. The van der Waals surface area contributed by atoms with E-state index in [1.165, 1.54) is 128 Å². The van der Waals surface area contributed by atoms with Crippen LogP contribution >= 0.6 is 0 Å². The van der Waals surface area contributed by atoms with Crippen LogP contribution in [0.15, 0.2) is 0 Å². The molecule has 0 aromatic rings. The Balaban J connectivity index is 1.16. The fourth-order valence-electron chi connectivity index (χ4n) is 25.4. The molecule has 0 aromatic heterocycles. The topological polar surface area (TPSA) is 0 Å². The summed E-state index contributed by atoms with van der Waals surface area (Å²) in [6.07, 6.45) is 27.9. The van der Waals surface area contributed by atoms with Crippen molar-refractivity contribution in [1.29, 1.82) is 0 Å². The highest BCUT2D eigenvalue weighted by molar-refractivity contribution is 5.16. The number of hydrogen-bond acceptors (Lipinski definition) is 0. The Kier molecular flexibility index (Phi) is 14.9. The van der Waals surface area contributed by atoms with Crippen LogP contribution in [0.1, 0.15) is 350 Å². The second-order valence-corrected chi connectivity index (χ2v) is 42.4. The summed E-state index contributed by atoms with van der Waals surface area (Å²) in [6.45, 7) is 86.9. The SMILES string of the molecule is CC1(C)CC(C)(C)C(C)(C)C(C)(C[C@@]2(C)CC(C[C@@]3(C)CC(C[C@@]4(C)CC(C[C@@]5(C)CC(C[C@]6(C)CC(C)(C)[C@@]7(C)CCCC7(C)C6)C(C)(C)C(C)(C)C5)C(C)(C)C(C)(C)C4)C(C)(C)C(C)(C)C3)C(C)(C)C(C)(C)C2)C1. The molecule has 7 saturated carbocycles. The summed E-state index contributed by atoms with van der Waals surface area (Å²) in [4.78, 5) is 0. The predicted molar refractivity (Wildman–Crippen MR) is 337 cm³/mol. The molecule has 0 nitrogen and oxygen atoms in total. The Morgan fingerprint density at radius 1 is 0.276 bits per heavy atom. The van der Waals surface area contributed by atoms with Crippen LogP contribution < -0.4 is 0 Å². The highest BCUT2D eigenvalue weighted by Crippen LogP contribution is 2.76. The van der Waals surface area contributed by atoms with E-state index >= 15 is 0 Å². The quantitative estimate of drug-likeness (QED) is 0.205. The van der Waals surface area contributed by atoms with E-state index in [4.69, 9.17) is 0 Å². The Morgan fingerprint density at radius 2 is 0.579 bits per heavy atom.